The standard InChI is InChI=1S/C13H24F3N3/c1-12(2,3)19-11(17)18-8-9-5-4-6-10(7-9)13(14,15)16/h9-10H,4-8H2,1-3H3,(H3,17,18,19). The number of nitrogens with zero attached hydrogens (tertiary/aromatic N) is 1. The van der Waals surface area contributed by atoms with Crippen molar-refractivity contribution in [2.24, 2.45) is 22.6 Å². The van der Waals surface area contributed by atoms with Crippen molar-refractivity contribution in [1.29, 1.82) is 0 Å². The van der Waals surface area contributed by atoms with Crippen molar-refractivity contribution in [2.45, 2.75) is 58.2 Å². The van der Waals surface area contributed by atoms with E-state index in [1.54, 1.807) is 0 Å². The maximum atomic E-state index is 12.7. The first-order chi connectivity index (χ1) is 8.58. The molecule has 1 fully saturated rings. The van der Waals surface area contributed by atoms with Gasteiger partial charge in [-0.25, -0.2) is 0 Å². The first-order valence-electron chi connectivity index (χ1n) is 6.73. The summed E-state index contributed by atoms with van der Waals surface area (Å²) in [5.74, 6) is -0.874. The molecular weight excluding hydrogens is 255 g/mol. The zero-order valence-corrected chi connectivity index (χ0v) is 11.8. The van der Waals surface area contributed by atoms with Crippen LogP contribution in [0.4, 0.5) is 13.2 Å². The van der Waals surface area contributed by atoms with Gasteiger partial charge in [0, 0.05) is 12.1 Å². The summed E-state index contributed by atoms with van der Waals surface area (Å²) in [6, 6.07) is 0. The third kappa shape index (κ3) is 6.16. The summed E-state index contributed by atoms with van der Waals surface area (Å²) in [7, 11) is 0. The fraction of sp³-hybridized carbons (Fsp3) is 0.923. The van der Waals surface area contributed by atoms with Crippen LogP contribution in [-0.4, -0.2) is 24.2 Å². The van der Waals surface area contributed by atoms with Crippen LogP contribution < -0.4 is 11.1 Å². The molecule has 1 aliphatic rings. The molecule has 0 saturated heterocycles. The van der Waals surface area contributed by atoms with Crippen LogP contribution in [0.2, 0.25) is 0 Å². The summed E-state index contributed by atoms with van der Waals surface area (Å²) in [6.07, 6.45) is -2.22. The van der Waals surface area contributed by atoms with E-state index in [-0.39, 0.29) is 24.3 Å². The van der Waals surface area contributed by atoms with E-state index >= 15 is 0 Å². The lowest BCUT2D eigenvalue weighted by molar-refractivity contribution is -0.185. The van der Waals surface area contributed by atoms with E-state index in [1.165, 1.54) is 0 Å². The maximum absolute atomic E-state index is 12.7. The molecule has 19 heavy (non-hydrogen) atoms. The molecule has 0 aromatic rings. The monoisotopic (exact) mass is 279 g/mol. The molecule has 0 heterocycles. The Bertz CT molecular complexity index is 318. The van der Waals surface area contributed by atoms with Crippen LogP contribution in [0.1, 0.15) is 46.5 Å². The van der Waals surface area contributed by atoms with E-state index in [1.807, 2.05) is 20.8 Å². The van der Waals surface area contributed by atoms with E-state index in [2.05, 4.69) is 10.3 Å². The highest BCUT2D eigenvalue weighted by atomic mass is 19.4. The lowest BCUT2D eigenvalue weighted by Crippen LogP contribution is -2.45. The number of guanidine groups is 1. The molecule has 2 unspecified atom stereocenters. The van der Waals surface area contributed by atoms with Crippen LogP contribution in [0.25, 0.3) is 0 Å². The van der Waals surface area contributed by atoms with Gasteiger partial charge in [-0.2, -0.15) is 13.2 Å². The van der Waals surface area contributed by atoms with Gasteiger partial charge in [0.05, 0.1) is 5.92 Å². The van der Waals surface area contributed by atoms with Crippen LogP contribution in [0, 0.1) is 11.8 Å². The summed E-state index contributed by atoms with van der Waals surface area (Å²) < 4.78 is 38.0. The molecule has 1 aliphatic carbocycles. The highest BCUT2D eigenvalue weighted by Crippen LogP contribution is 2.39. The molecular formula is C13H24F3N3. The van der Waals surface area contributed by atoms with Crippen LogP contribution >= 0.6 is 0 Å². The quantitative estimate of drug-likeness (QED) is 0.603. The topological polar surface area (TPSA) is 50.4 Å². The van der Waals surface area contributed by atoms with Crippen molar-refractivity contribution < 1.29 is 13.2 Å². The average Bonchev–Trinajstić information content (AvgIpc) is 2.23. The van der Waals surface area contributed by atoms with Gasteiger partial charge in [0.15, 0.2) is 5.96 Å². The molecule has 2 atom stereocenters. The van der Waals surface area contributed by atoms with E-state index in [0.29, 0.717) is 18.9 Å². The minimum Gasteiger partial charge on any atom is -0.370 e. The van der Waals surface area contributed by atoms with E-state index in [9.17, 15) is 13.2 Å². The van der Waals surface area contributed by atoms with E-state index in [4.69, 9.17) is 5.73 Å². The van der Waals surface area contributed by atoms with Gasteiger partial charge in [-0.15, -0.1) is 0 Å². The van der Waals surface area contributed by atoms with Crippen LogP contribution in [0.5, 0.6) is 0 Å². The van der Waals surface area contributed by atoms with E-state index < -0.39 is 12.1 Å². The minimum atomic E-state index is -4.07. The van der Waals surface area contributed by atoms with Crippen LogP contribution in [0.15, 0.2) is 4.99 Å². The van der Waals surface area contributed by atoms with Gasteiger partial charge in [0.25, 0.3) is 0 Å². The SMILES string of the molecule is CC(C)(C)NC(N)=NCC1CCCC(C(F)(F)F)C1. The second-order valence-corrected chi connectivity index (χ2v) is 6.37. The Morgan fingerprint density at radius 3 is 2.42 bits per heavy atom. The average molecular weight is 279 g/mol. The number of nitrogens with two attached hydrogens (primary N) is 1. The molecule has 0 bridgehead atoms. The summed E-state index contributed by atoms with van der Waals surface area (Å²) in [5, 5.41) is 3.01. The number of hydrogen-bond acceptors (Lipinski definition) is 1. The predicted octanol–water partition coefficient (Wildman–Crippen LogP) is 3.06. The molecule has 3 N–H and O–H groups in total. The largest absolute Gasteiger partial charge is 0.391 e. The fourth-order valence-corrected chi connectivity index (χ4v) is 2.41. The molecule has 0 aromatic heterocycles. The Morgan fingerprint density at radius 1 is 1.26 bits per heavy atom. The summed E-state index contributed by atoms with van der Waals surface area (Å²) in [6.45, 7) is 6.24. The first-order valence-corrected chi connectivity index (χ1v) is 6.73. The Labute approximate surface area is 112 Å². The predicted molar refractivity (Wildman–Crippen MR) is 70.9 cm³/mol. The Balaban J connectivity index is 2.47. The Kier molecular flexibility index (Phi) is 5.10. The third-order valence-corrected chi connectivity index (χ3v) is 3.27. The number of hydrogen-bond donors (Lipinski definition) is 2. The molecule has 0 spiro atoms. The molecule has 0 amide bonds. The van der Waals surface area contributed by atoms with Crippen molar-refractivity contribution in [3.63, 3.8) is 0 Å². The number of halogens is 3. The zero-order chi connectivity index (χ0) is 14.7. The van der Waals surface area contributed by atoms with Crippen molar-refractivity contribution in [3.05, 3.63) is 0 Å². The number of alkyl halides is 3. The lowest BCUT2D eigenvalue weighted by Gasteiger charge is -2.30. The van der Waals surface area contributed by atoms with Crippen LogP contribution in [-0.2, 0) is 0 Å². The van der Waals surface area contributed by atoms with Crippen molar-refractivity contribution in [1.82, 2.24) is 5.32 Å². The summed E-state index contributed by atoms with van der Waals surface area (Å²) in [5.41, 5.74) is 5.53. The minimum absolute atomic E-state index is 0.0132. The maximum Gasteiger partial charge on any atom is 0.391 e. The van der Waals surface area contributed by atoms with Gasteiger partial charge >= 0.3 is 6.18 Å². The van der Waals surface area contributed by atoms with E-state index in [0.717, 1.165) is 6.42 Å². The van der Waals surface area contributed by atoms with Crippen molar-refractivity contribution >= 4 is 5.96 Å². The first kappa shape index (κ1) is 16.1. The highest BCUT2D eigenvalue weighted by molar-refractivity contribution is 5.78. The van der Waals surface area contributed by atoms with Crippen molar-refractivity contribution in [3.8, 4) is 0 Å². The zero-order valence-electron chi connectivity index (χ0n) is 11.8. The fourth-order valence-electron chi connectivity index (χ4n) is 2.41. The molecule has 112 valence electrons. The van der Waals surface area contributed by atoms with Crippen LogP contribution in [0.3, 0.4) is 0 Å². The van der Waals surface area contributed by atoms with Crippen molar-refractivity contribution in [2.75, 3.05) is 6.54 Å². The van der Waals surface area contributed by atoms with Gasteiger partial charge in [-0.3, -0.25) is 4.99 Å². The van der Waals surface area contributed by atoms with Gasteiger partial charge in [0.2, 0.25) is 0 Å². The smallest absolute Gasteiger partial charge is 0.370 e. The summed E-state index contributed by atoms with van der Waals surface area (Å²) >= 11 is 0. The number of rotatable bonds is 2. The number of aliphatic imine (C=N–C) groups is 1. The molecule has 1 saturated carbocycles. The second kappa shape index (κ2) is 6.01. The van der Waals surface area contributed by atoms with Gasteiger partial charge in [-0.05, 0) is 46.0 Å². The third-order valence-electron chi connectivity index (χ3n) is 3.27. The van der Waals surface area contributed by atoms with Gasteiger partial charge in [-0.1, -0.05) is 6.42 Å². The molecule has 3 nitrogen and oxygen atoms in total. The van der Waals surface area contributed by atoms with Gasteiger partial charge < -0.3 is 11.1 Å². The Morgan fingerprint density at radius 2 is 1.89 bits per heavy atom. The van der Waals surface area contributed by atoms with Gasteiger partial charge in [0.1, 0.15) is 0 Å². The lowest BCUT2D eigenvalue weighted by atomic mass is 9.81. The number of nitrogens with one attached hydrogen (secondary N) is 1. The molecule has 1 rings (SSSR count). The molecule has 6 heteroatoms. The highest BCUT2D eigenvalue weighted by Gasteiger charge is 2.41. The summed E-state index contributed by atoms with van der Waals surface area (Å²) in [4.78, 5) is 4.17. The molecule has 0 radical (unpaired) electrons. The Hall–Kier alpha value is -0.940. The normalized spacial score (nSPS) is 26.3. The molecule has 0 aromatic carbocycles. The second-order valence-electron chi connectivity index (χ2n) is 6.37. The molecule has 0 aliphatic heterocycles.